The van der Waals surface area contributed by atoms with E-state index in [1.54, 1.807) is 12.1 Å². The second-order valence-corrected chi connectivity index (χ2v) is 3.05. The summed E-state index contributed by atoms with van der Waals surface area (Å²) in [5.74, 6) is -1.50. The van der Waals surface area contributed by atoms with E-state index in [-0.39, 0.29) is 5.57 Å². The molecule has 0 amide bonds. The monoisotopic (exact) mass is 235 g/mol. The molecule has 0 radical (unpaired) electrons. The van der Waals surface area contributed by atoms with Crippen LogP contribution in [0.4, 0.5) is 5.69 Å². The fourth-order valence-corrected chi connectivity index (χ4v) is 1.11. The highest BCUT2D eigenvalue weighted by atomic mass is 16.5. The Bertz CT molecular complexity index is 407. The summed E-state index contributed by atoms with van der Waals surface area (Å²) in [6.07, 6.45) is 1.26. The van der Waals surface area contributed by atoms with Gasteiger partial charge < -0.3 is 14.8 Å². The van der Waals surface area contributed by atoms with Crippen molar-refractivity contribution in [2.75, 3.05) is 19.5 Å². The molecule has 0 aliphatic heterocycles. The van der Waals surface area contributed by atoms with Gasteiger partial charge in [-0.2, -0.15) is 0 Å². The van der Waals surface area contributed by atoms with Crippen LogP contribution >= 0.6 is 0 Å². The maximum absolute atomic E-state index is 11.3. The summed E-state index contributed by atoms with van der Waals surface area (Å²) < 4.78 is 8.95. The number of carbonyl (C=O) groups is 2. The average Bonchev–Trinajstić information content (AvgIpc) is 2.39. The first-order valence-electron chi connectivity index (χ1n) is 4.87. The molecule has 17 heavy (non-hydrogen) atoms. The molecule has 0 aliphatic carbocycles. The van der Waals surface area contributed by atoms with Gasteiger partial charge in [-0.15, -0.1) is 0 Å². The first-order chi connectivity index (χ1) is 8.19. The third kappa shape index (κ3) is 3.64. The molecule has 5 nitrogen and oxygen atoms in total. The number of benzene rings is 1. The first-order valence-corrected chi connectivity index (χ1v) is 4.87. The molecule has 0 heterocycles. The van der Waals surface area contributed by atoms with Crippen LogP contribution in [0.1, 0.15) is 0 Å². The number of ether oxygens (including phenoxy) is 2. The van der Waals surface area contributed by atoms with Crippen molar-refractivity contribution in [3.8, 4) is 0 Å². The van der Waals surface area contributed by atoms with Crippen molar-refractivity contribution in [2.45, 2.75) is 0 Å². The Morgan fingerprint density at radius 2 is 1.59 bits per heavy atom. The van der Waals surface area contributed by atoms with Crippen LogP contribution in [0.2, 0.25) is 0 Å². The van der Waals surface area contributed by atoms with Crippen LogP contribution in [0, 0.1) is 0 Å². The molecule has 1 aromatic carbocycles. The van der Waals surface area contributed by atoms with Gasteiger partial charge >= 0.3 is 11.9 Å². The molecule has 5 heteroatoms. The van der Waals surface area contributed by atoms with Gasteiger partial charge in [0.15, 0.2) is 5.57 Å². The van der Waals surface area contributed by atoms with E-state index in [9.17, 15) is 9.59 Å². The van der Waals surface area contributed by atoms with Gasteiger partial charge in [-0.3, -0.25) is 0 Å². The fraction of sp³-hybridized carbons (Fsp3) is 0.167. The molecule has 0 aliphatic rings. The lowest BCUT2D eigenvalue weighted by Crippen LogP contribution is -2.17. The van der Waals surface area contributed by atoms with Gasteiger partial charge in [-0.1, -0.05) is 18.2 Å². The molecule has 0 unspecified atom stereocenters. The molecule has 1 aromatic rings. The van der Waals surface area contributed by atoms with Crippen LogP contribution in [0.3, 0.4) is 0 Å². The number of methoxy groups -OCH3 is 2. The average molecular weight is 235 g/mol. The van der Waals surface area contributed by atoms with Crippen LogP contribution < -0.4 is 5.32 Å². The van der Waals surface area contributed by atoms with Crippen LogP contribution in [0.5, 0.6) is 0 Å². The molecule has 1 rings (SSSR count). The minimum Gasteiger partial charge on any atom is -0.465 e. The van der Waals surface area contributed by atoms with Crippen molar-refractivity contribution < 1.29 is 19.1 Å². The zero-order valence-corrected chi connectivity index (χ0v) is 9.60. The SMILES string of the molecule is COC(=O)C(=CNc1ccccc1)C(=O)OC. The Kier molecular flexibility index (Phi) is 4.75. The van der Waals surface area contributed by atoms with E-state index in [1.165, 1.54) is 20.4 Å². The zero-order chi connectivity index (χ0) is 12.7. The van der Waals surface area contributed by atoms with E-state index in [0.717, 1.165) is 5.69 Å². The van der Waals surface area contributed by atoms with Crippen molar-refractivity contribution in [3.63, 3.8) is 0 Å². The second kappa shape index (κ2) is 6.32. The summed E-state index contributed by atoms with van der Waals surface area (Å²) in [5.41, 5.74) is 0.552. The minimum atomic E-state index is -0.750. The number of hydrogen-bond donors (Lipinski definition) is 1. The topological polar surface area (TPSA) is 64.6 Å². The molecule has 0 fully saturated rings. The Labute approximate surface area is 99.0 Å². The van der Waals surface area contributed by atoms with Crippen molar-refractivity contribution in [2.24, 2.45) is 0 Å². The molecule has 0 spiro atoms. The first kappa shape index (κ1) is 12.8. The van der Waals surface area contributed by atoms with Crippen LogP contribution in [0.25, 0.3) is 0 Å². The second-order valence-electron chi connectivity index (χ2n) is 3.05. The minimum absolute atomic E-state index is 0.196. The number of anilines is 1. The van der Waals surface area contributed by atoms with Crippen molar-refractivity contribution >= 4 is 17.6 Å². The van der Waals surface area contributed by atoms with Crippen molar-refractivity contribution in [1.29, 1.82) is 0 Å². The summed E-state index contributed by atoms with van der Waals surface area (Å²) >= 11 is 0. The Hall–Kier alpha value is -2.30. The highest BCUT2D eigenvalue weighted by Gasteiger charge is 2.19. The van der Waals surface area contributed by atoms with Crippen molar-refractivity contribution in [1.82, 2.24) is 0 Å². The molecule has 0 bridgehead atoms. The standard InChI is InChI=1S/C12H13NO4/c1-16-11(14)10(12(15)17-2)8-13-9-6-4-3-5-7-9/h3-8,13H,1-2H3. The molecule has 0 saturated heterocycles. The van der Waals surface area contributed by atoms with Crippen LogP contribution in [-0.4, -0.2) is 26.2 Å². The molecule has 90 valence electrons. The number of carbonyl (C=O) groups excluding carboxylic acids is 2. The maximum atomic E-state index is 11.3. The van der Waals surface area contributed by atoms with Gasteiger partial charge in [0.2, 0.25) is 0 Å². The number of esters is 2. The van der Waals surface area contributed by atoms with E-state index < -0.39 is 11.9 Å². The zero-order valence-electron chi connectivity index (χ0n) is 9.60. The predicted octanol–water partition coefficient (Wildman–Crippen LogP) is 1.33. The largest absolute Gasteiger partial charge is 0.465 e. The van der Waals surface area contributed by atoms with Crippen LogP contribution in [-0.2, 0) is 19.1 Å². The number of hydrogen-bond acceptors (Lipinski definition) is 5. The maximum Gasteiger partial charge on any atom is 0.346 e. The van der Waals surface area contributed by atoms with Crippen molar-refractivity contribution in [3.05, 3.63) is 42.1 Å². The lowest BCUT2D eigenvalue weighted by molar-refractivity contribution is -0.144. The summed E-state index contributed by atoms with van der Waals surface area (Å²) in [4.78, 5) is 22.6. The molecular formula is C12H13NO4. The normalized spacial score (nSPS) is 9.06. The van der Waals surface area contributed by atoms with Gasteiger partial charge in [0.05, 0.1) is 14.2 Å². The highest BCUT2D eigenvalue weighted by molar-refractivity contribution is 6.14. The van der Waals surface area contributed by atoms with Gasteiger partial charge in [-0.25, -0.2) is 9.59 Å². The van der Waals surface area contributed by atoms with Gasteiger partial charge in [0.25, 0.3) is 0 Å². The van der Waals surface area contributed by atoms with E-state index >= 15 is 0 Å². The molecule has 0 saturated carbocycles. The Morgan fingerprint density at radius 3 is 2.06 bits per heavy atom. The highest BCUT2D eigenvalue weighted by Crippen LogP contribution is 2.07. The van der Waals surface area contributed by atoms with Gasteiger partial charge in [0.1, 0.15) is 0 Å². The fourth-order valence-electron chi connectivity index (χ4n) is 1.11. The smallest absolute Gasteiger partial charge is 0.346 e. The van der Waals surface area contributed by atoms with Gasteiger partial charge in [-0.05, 0) is 12.1 Å². The lowest BCUT2D eigenvalue weighted by atomic mass is 10.3. The quantitative estimate of drug-likeness (QED) is 0.369. The third-order valence-corrected chi connectivity index (χ3v) is 1.97. The van der Waals surface area contributed by atoms with E-state index in [2.05, 4.69) is 14.8 Å². The molecule has 0 atom stereocenters. The third-order valence-electron chi connectivity index (χ3n) is 1.97. The number of para-hydroxylation sites is 1. The predicted molar refractivity (Wildman–Crippen MR) is 62.2 cm³/mol. The summed E-state index contributed by atoms with van der Waals surface area (Å²) in [6, 6.07) is 9.10. The summed E-state index contributed by atoms with van der Waals surface area (Å²) in [5, 5.41) is 2.81. The Morgan fingerprint density at radius 1 is 1.06 bits per heavy atom. The Balaban J connectivity index is 2.84. The van der Waals surface area contributed by atoms with E-state index in [1.807, 2.05) is 18.2 Å². The number of rotatable bonds is 4. The molecular weight excluding hydrogens is 222 g/mol. The summed E-state index contributed by atoms with van der Waals surface area (Å²) in [6.45, 7) is 0. The van der Waals surface area contributed by atoms with E-state index in [4.69, 9.17) is 0 Å². The number of nitrogens with one attached hydrogen (secondary N) is 1. The van der Waals surface area contributed by atoms with E-state index in [0.29, 0.717) is 0 Å². The van der Waals surface area contributed by atoms with Gasteiger partial charge in [0, 0.05) is 11.9 Å². The van der Waals surface area contributed by atoms with Crippen LogP contribution in [0.15, 0.2) is 42.1 Å². The molecule has 1 N–H and O–H groups in total. The molecule has 0 aromatic heterocycles. The lowest BCUT2D eigenvalue weighted by Gasteiger charge is -2.05. The summed E-state index contributed by atoms with van der Waals surface area (Å²) in [7, 11) is 2.39.